The second kappa shape index (κ2) is 5.28. The minimum absolute atomic E-state index is 0.611. The number of rotatable bonds is 4. The van der Waals surface area contributed by atoms with Gasteiger partial charge < -0.3 is 15.4 Å². The van der Waals surface area contributed by atoms with Gasteiger partial charge in [-0.2, -0.15) is 0 Å². The molecular weight excluding hydrogens is 188 g/mol. The Morgan fingerprint density at radius 2 is 2.33 bits per heavy atom. The van der Waals surface area contributed by atoms with Crippen LogP contribution in [0, 0.1) is 17.8 Å². The van der Waals surface area contributed by atoms with E-state index in [1.807, 2.05) is 0 Å². The topological polar surface area (TPSA) is 33.3 Å². The van der Waals surface area contributed by atoms with Gasteiger partial charge in [0, 0.05) is 12.6 Å². The Kier molecular flexibility index (Phi) is 4.00. The molecule has 3 nitrogen and oxygen atoms in total. The van der Waals surface area contributed by atoms with Gasteiger partial charge in [-0.3, -0.25) is 0 Å². The molecule has 2 N–H and O–H groups in total. The van der Waals surface area contributed by atoms with Crippen molar-refractivity contribution >= 4 is 0 Å². The minimum atomic E-state index is 0.611. The molecule has 2 saturated heterocycles. The molecule has 15 heavy (non-hydrogen) atoms. The third-order valence-corrected chi connectivity index (χ3v) is 4.05. The molecule has 2 aliphatic rings. The van der Waals surface area contributed by atoms with Gasteiger partial charge in [0.15, 0.2) is 0 Å². The maximum Gasteiger partial charge on any atom is 0.0509 e. The summed E-state index contributed by atoms with van der Waals surface area (Å²) in [6, 6.07) is 0.611. The van der Waals surface area contributed by atoms with E-state index >= 15 is 0 Å². The van der Waals surface area contributed by atoms with E-state index < -0.39 is 0 Å². The van der Waals surface area contributed by atoms with E-state index in [0.29, 0.717) is 6.04 Å². The number of ether oxygens (including phenoxy) is 1. The van der Waals surface area contributed by atoms with Gasteiger partial charge in [0.1, 0.15) is 0 Å². The number of nitrogens with one attached hydrogen (secondary N) is 2. The average molecular weight is 212 g/mol. The van der Waals surface area contributed by atoms with Crippen LogP contribution in [0.15, 0.2) is 0 Å². The second-order valence-electron chi connectivity index (χ2n) is 5.22. The highest BCUT2D eigenvalue weighted by molar-refractivity contribution is 4.82. The fraction of sp³-hybridized carbons (Fsp3) is 1.00. The van der Waals surface area contributed by atoms with E-state index in [-0.39, 0.29) is 0 Å². The quantitative estimate of drug-likeness (QED) is 0.725. The van der Waals surface area contributed by atoms with Crippen molar-refractivity contribution in [2.24, 2.45) is 17.8 Å². The molecule has 2 aliphatic heterocycles. The largest absolute Gasteiger partial charge is 0.381 e. The molecule has 0 bridgehead atoms. The van der Waals surface area contributed by atoms with E-state index in [1.165, 1.54) is 19.5 Å². The number of hydrogen-bond acceptors (Lipinski definition) is 3. The Morgan fingerprint density at radius 3 is 2.93 bits per heavy atom. The van der Waals surface area contributed by atoms with Gasteiger partial charge in [-0.05, 0) is 50.7 Å². The molecule has 0 spiro atoms. The highest BCUT2D eigenvalue weighted by Gasteiger charge is 2.26. The maximum atomic E-state index is 5.42. The summed E-state index contributed by atoms with van der Waals surface area (Å²) in [4.78, 5) is 0. The lowest BCUT2D eigenvalue weighted by atomic mass is 9.96. The van der Waals surface area contributed by atoms with Crippen LogP contribution in [0.1, 0.15) is 20.3 Å². The fourth-order valence-corrected chi connectivity index (χ4v) is 2.59. The zero-order valence-corrected chi connectivity index (χ0v) is 9.96. The van der Waals surface area contributed by atoms with Gasteiger partial charge in [-0.25, -0.2) is 0 Å². The lowest BCUT2D eigenvalue weighted by molar-refractivity contribution is 0.177. The van der Waals surface area contributed by atoms with Crippen LogP contribution in [-0.4, -0.2) is 38.9 Å². The molecule has 0 saturated carbocycles. The van der Waals surface area contributed by atoms with Gasteiger partial charge in [-0.1, -0.05) is 6.92 Å². The zero-order chi connectivity index (χ0) is 10.7. The van der Waals surface area contributed by atoms with Gasteiger partial charge in [0.2, 0.25) is 0 Å². The Labute approximate surface area is 93.0 Å². The Balaban J connectivity index is 1.67. The van der Waals surface area contributed by atoms with Crippen LogP contribution >= 0.6 is 0 Å². The summed E-state index contributed by atoms with van der Waals surface area (Å²) >= 11 is 0. The second-order valence-corrected chi connectivity index (χ2v) is 5.22. The summed E-state index contributed by atoms with van der Waals surface area (Å²) < 4.78 is 5.42. The lowest BCUT2D eigenvalue weighted by Crippen LogP contribution is -2.38. The van der Waals surface area contributed by atoms with Gasteiger partial charge >= 0.3 is 0 Å². The third kappa shape index (κ3) is 2.92. The molecule has 4 atom stereocenters. The summed E-state index contributed by atoms with van der Waals surface area (Å²) in [6.07, 6.45) is 1.23. The van der Waals surface area contributed by atoms with Crippen LogP contribution in [0.4, 0.5) is 0 Å². The van der Waals surface area contributed by atoms with Crippen LogP contribution < -0.4 is 10.6 Å². The molecule has 2 heterocycles. The van der Waals surface area contributed by atoms with Crippen LogP contribution in [-0.2, 0) is 4.74 Å². The van der Waals surface area contributed by atoms with E-state index in [0.717, 1.165) is 37.5 Å². The summed E-state index contributed by atoms with van der Waals surface area (Å²) in [6.45, 7) is 10.1. The summed E-state index contributed by atoms with van der Waals surface area (Å²) in [5.41, 5.74) is 0. The van der Waals surface area contributed by atoms with Crippen LogP contribution in [0.3, 0.4) is 0 Å². The van der Waals surface area contributed by atoms with Crippen molar-refractivity contribution in [3.63, 3.8) is 0 Å². The number of hydrogen-bond donors (Lipinski definition) is 2. The first kappa shape index (κ1) is 11.4. The van der Waals surface area contributed by atoms with Crippen molar-refractivity contribution in [3.05, 3.63) is 0 Å². The zero-order valence-electron chi connectivity index (χ0n) is 9.96. The highest BCUT2D eigenvalue weighted by Crippen LogP contribution is 2.18. The SMILES string of the molecule is CC(NC[C@@H]1CNC[C@H]1C)C1CCOC1. The first-order valence-corrected chi connectivity index (χ1v) is 6.29. The summed E-state index contributed by atoms with van der Waals surface area (Å²) in [7, 11) is 0. The van der Waals surface area contributed by atoms with E-state index in [1.54, 1.807) is 0 Å². The first-order chi connectivity index (χ1) is 7.27. The van der Waals surface area contributed by atoms with Crippen molar-refractivity contribution in [1.82, 2.24) is 10.6 Å². The van der Waals surface area contributed by atoms with E-state index in [2.05, 4.69) is 24.5 Å². The molecule has 0 radical (unpaired) electrons. The standard InChI is InChI=1S/C12H24N2O/c1-9-5-13-6-12(9)7-14-10(2)11-3-4-15-8-11/h9-14H,3-8H2,1-2H3/t9-,10?,11?,12+/m1/s1. The predicted octanol–water partition coefficient (Wildman–Crippen LogP) is 0.856. The molecule has 2 unspecified atom stereocenters. The molecule has 0 aliphatic carbocycles. The molecule has 3 heteroatoms. The van der Waals surface area contributed by atoms with Crippen LogP contribution in [0.25, 0.3) is 0 Å². The minimum Gasteiger partial charge on any atom is -0.381 e. The molecular formula is C12H24N2O. The van der Waals surface area contributed by atoms with Gasteiger partial charge in [-0.15, -0.1) is 0 Å². The Hall–Kier alpha value is -0.120. The average Bonchev–Trinajstić information content (AvgIpc) is 2.85. The highest BCUT2D eigenvalue weighted by atomic mass is 16.5. The van der Waals surface area contributed by atoms with Crippen molar-refractivity contribution in [1.29, 1.82) is 0 Å². The normalized spacial score (nSPS) is 38.4. The maximum absolute atomic E-state index is 5.42. The smallest absolute Gasteiger partial charge is 0.0509 e. The summed E-state index contributed by atoms with van der Waals surface area (Å²) in [5.74, 6) is 2.37. The molecule has 2 rings (SSSR count). The fourth-order valence-electron chi connectivity index (χ4n) is 2.59. The van der Waals surface area contributed by atoms with Crippen LogP contribution in [0.2, 0.25) is 0 Å². The van der Waals surface area contributed by atoms with E-state index in [4.69, 9.17) is 4.74 Å². The van der Waals surface area contributed by atoms with E-state index in [9.17, 15) is 0 Å². The van der Waals surface area contributed by atoms with Gasteiger partial charge in [0.25, 0.3) is 0 Å². The molecule has 0 aromatic heterocycles. The third-order valence-electron chi connectivity index (χ3n) is 4.05. The van der Waals surface area contributed by atoms with Crippen molar-refractivity contribution in [2.75, 3.05) is 32.8 Å². The van der Waals surface area contributed by atoms with Crippen molar-refractivity contribution < 1.29 is 4.74 Å². The molecule has 0 amide bonds. The van der Waals surface area contributed by atoms with Crippen LogP contribution in [0.5, 0.6) is 0 Å². The van der Waals surface area contributed by atoms with Crippen molar-refractivity contribution in [2.45, 2.75) is 26.3 Å². The molecule has 2 fully saturated rings. The monoisotopic (exact) mass is 212 g/mol. The Morgan fingerprint density at radius 1 is 1.47 bits per heavy atom. The first-order valence-electron chi connectivity index (χ1n) is 6.29. The molecule has 0 aromatic rings. The predicted molar refractivity (Wildman–Crippen MR) is 61.9 cm³/mol. The molecule has 0 aromatic carbocycles. The Bertz CT molecular complexity index is 192. The van der Waals surface area contributed by atoms with Gasteiger partial charge in [0.05, 0.1) is 6.61 Å². The lowest BCUT2D eigenvalue weighted by Gasteiger charge is -2.22. The molecule has 88 valence electrons. The van der Waals surface area contributed by atoms with Crippen molar-refractivity contribution in [3.8, 4) is 0 Å². The summed E-state index contributed by atoms with van der Waals surface area (Å²) in [5, 5.41) is 7.13.